The molecule has 1 heterocycles. The van der Waals surface area contributed by atoms with Crippen LogP contribution in [0.5, 0.6) is 0 Å². The van der Waals surface area contributed by atoms with Crippen molar-refractivity contribution >= 4 is 17.5 Å². The summed E-state index contributed by atoms with van der Waals surface area (Å²) in [5, 5.41) is 5.62. The Bertz CT molecular complexity index is 836. The molecule has 130 valence electrons. The number of nitrogens with one attached hydrogen (secondary N) is 2. The topological polar surface area (TPSA) is 58.2 Å². The van der Waals surface area contributed by atoms with Crippen molar-refractivity contribution in [3.63, 3.8) is 0 Å². The molecule has 0 bridgehead atoms. The molecule has 0 aliphatic carbocycles. The van der Waals surface area contributed by atoms with Gasteiger partial charge in [0.25, 0.3) is 0 Å². The third-order valence-corrected chi connectivity index (χ3v) is 4.27. The van der Waals surface area contributed by atoms with Crippen molar-refractivity contribution in [3.05, 3.63) is 64.7 Å². The summed E-state index contributed by atoms with van der Waals surface area (Å²) in [5.41, 5.74) is 2.93. The number of carbonyl (C=O) groups is 2. The van der Waals surface area contributed by atoms with E-state index in [1.54, 1.807) is 0 Å². The Morgan fingerprint density at radius 3 is 2.80 bits per heavy atom. The number of benzene rings is 2. The first-order valence-corrected chi connectivity index (χ1v) is 8.08. The molecule has 6 heteroatoms. The van der Waals surface area contributed by atoms with Crippen LogP contribution in [0.3, 0.4) is 0 Å². The van der Waals surface area contributed by atoms with Crippen LogP contribution in [0.4, 0.5) is 14.5 Å². The summed E-state index contributed by atoms with van der Waals surface area (Å²) >= 11 is 0. The van der Waals surface area contributed by atoms with Crippen LogP contribution in [0.2, 0.25) is 0 Å². The summed E-state index contributed by atoms with van der Waals surface area (Å²) in [6, 6.07) is 8.70. The molecule has 1 unspecified atom stereocenters. The minimum absolute atomic E-state index is 0.0369. The number of halogens is 2. The molecule has 3 rings (SSSR count). The second-order valence-corrected chi connectivity index (χ2v) is 6.17. The summed E-state index contributed by atoms with van der Waals surface area (Å²) in [4.78, 5) is 23.5. The number of carbonyl (C=O) groups excluding carboxylic acids is 2. The number of anilines is 1. The first-order chi connectivity index (χ1) is 11.9. The van der Waals surface area contributed by atoms with Crippen LogP contribution in [0, 0.1) is 11.6 Å². The molecule has 0 saturated heterocycles. The first-order valence-electron chi connectivity index (χ1n) is 8.08. The monoisotopic (exact) mass is 344 g/mol. The van der Waals surface area contributed by atoms with Crippen LogP contribution < -0.4 is 10.6 Å². The summed E-state index contributed by atoms with van der Waals surface area (Å²) in [6.45, 7) is 1.85. The number of hydrogen-bond acceptors (Lipinski definition) is 2. The van der Waals surface area contributed by atoms with Gasteiger partial charge in [-0.1, -0.05) is 18.2 Å². The lowest BCUT2D eigenvalue weighted by atomic mass is 10.0. The van der Waals surface area contributed by atoms with Crippen LogP contribution in [0.15, 0.2) is 36.4 Å². The second-order valence-electron chi connectivity index (χ2n) is 6.17. The minimum atomic E-state index is -0.642. The van der Waals surface area contributed by atoms with E-state index in [9.17, 15) is 18.4 Å². The molecule has 2 N–H and O–H groups in total. The standard InChI is InChI=1S/C19H18F2N2O2/c1-11(13-3-6-17-14(8-13)9-19(25)23-17)22-18(24)7-4-12-2-5-15(20)10-16(12)21/h2-3,5-6,8,10-11H,4,7,9H2,1H3,(H,22,24)(H,23,25). The molecular weight excluding hydrogens is 326 g/mol. The fourth-order valence-corrected chi connectivity index (χ4v) is 2.89. The van der Waals surface area contributed by atoms with Crippen LogP contribution in [-0.2, 0) is 22.4 Å². The van der Waals surface area contributed by atoms with Gasteiger partial charge in [-0.25, -0.2) is 8.78 Å². The van der Waals surface area contributed by atoms with Crippen LogP contribution in [-0.4, -0.2) is 11.8 Å². The number of rotatable bonds is 5. The Morgan fingerprint density at radius 1 is 1.24 bits per heavy atom. The van der Waals surface area contributed by atoms with Gasteiger partial charge in [-0.15, -0.1) is 0 Å². The van der Waals surface area contributed by atoms with E-state index in [1.165, 1.54) is 12.1 Å². The second kappa shape index (κ2) is 7.01. The maximum Gasteiger partial charge on any atom is 0.228 e. The van der Waals surface area contributed by atoms with Gasteiger partial charge in [0, 0.05) is 18.2 Å². The zero-order valence-corrected chi connectivity index (χ0v) is 13.7. The highest BCUT2D eigenvalue weighted by Gasteiger charge is 2.19. The van der Waals surface area contributed by atoms with Gasteiger partial charge in [0.1, 0.15) is 11.6 Å². The average molecular weight is 344 g/mol. The van der Waals surface area contributed by atoms with E-state index in [2.05, 4.69) is 10.6 Å². The largest absolute Gasteiger partial charge is 0.350 e. The fraction of sp³-hybridized carbons (Fsp3) is 0.263. The summed E-state index contributed by atoms with van der Waals surface area (Å²) in [6.07, 6.45) is 0.652. The summed E-state index contributed by atoms with van der Waals surface area (Å²) in [5.74, 6) is -1.53. The van der Waals surface area contributed by atoms with E-state index in [0.29, 0.717) is 12.0 Å². The molecule has 1 aliphatic rings. The summed E-state index contributed by atoms with van der Waals surface area (Å²) in [7, 11) is 0. The van der Waals surface area contributed by atoms with Gasteiger partial charge in [0.05, 0.1) is 12.5 Å². The molecule has 1 aliphatic heterocycles. The third-order valence-electron chi connectivity index (χ3n) is 4.27. The van der Waals surface area contributed by atoms with Crippen LogP contribution >= 0.6 is 0 Å². The van der Waals surface area contributed by atoms with E-state index < -0.39 is 11.6 Å². The lowest BCUT2D eigenvalue weighted by molar-refractivity contribution is -0.121. The van der Waals surface area contributed by atoms with Crippen molar-refractivity contribution in [2.45, 2.75) is 32.2 Å². The molecule has 25 heavy (non-hydrogen) atoms. The third kappa shape index (κ3) is 4.02. The van der Waals surface area contributed by atoms with E-state index in [-0.39, 0.29) is 30.7 Å². The Morgan fingerprint density at radius 2 is 2.04 bits per heavy atom. The molecule has 1 atom stereocenters. The molecule has 2 aromatic rings. The molecule has 2 aromatic carbocycles. The zero-order chi connectivity index (χ0) is 18.0. The van der Waals surface area contributed by atoms with Gasteiger partial charge in [-0.2, -0.15) is 0 Å². The van der Waals surface area contributed by atoms with Gasteiger partial charge in [0.15, 0.2) is 0 Å². The van der Waals surface area contributed by atoms with Gasteiger partial charge in [-0.05, 0) is 42.2 Å². The Labute approximate surface area is 144 Å². The maximum atomic E-state index is 13.6. The van der Waals surface area contributed by atoms with Crippen molar-refractivity contribution in [1.82, 2.24) is 5.32 Å². The van der Waals surface area contributed by atoms with Gasteiger partial charge in [-0.3, -0.25) is 9.59 Å². The number of fused-ring (bicyclic) bond motifs is 1. The predicted octanol–water partition coefficient (Wildman–Crippen LogP) is 3.27. The molecule has 0 spiro atoms. The summed E-state index contributed by atoms with van der Waals surface area (Å²) < 4.78 is 26.5. The van der Waals surface area contributed by atoms with Crippen LogP contribution in [0.25, 0.3) is 0 Å². The first kappa shape index (κ1) is 17.1. The SMILES string of the molecule is CC(NC(=O)CCc1ccc(F)cc1F)c1ccc2c(c1)CC(=O)N2. The van der Waals surface area contributed by atoms with Crippen molar-refractivity contribution < 1.29 is 18.4 Å². The lowest BCUT2D eigenvalue weighted by Crippen LogP contribution is -2.27. The molecule has 0 aromatic heterocycles. The number of aryl methyl sites for hydroxylation is 1. The molecule has 0 fully saturated rings. The molecular formula is C19H18F2N2O2. The number of amides is 2. The number of hydrogen-bond donors (Lipinski definition) is 2. The van der Waals surface area contributed by atoms with E-state index in [1.807, 2.05) is 25.1 Å². The maximum absolute atomic E-state index is 13.6. The highest BCUT2D eigenvalue weighted by Crippen LogP contribution is 2.26. The highest BCUT2D eigenvalue weighted by atomic mass is 19.1. The molecule has 4 nitrogen and oxygen atoms in total. The Hall–Kier alpha value is -2.76. The van der Waals surface area contributed by atoms with Gasteiger partial charge in [0.2, 0.25) is 11.8 Å². The van der Waals surface area contributed by atoms with Crippen molar-refractivity contribution in [3.8, 4) is 0 Å². The smallest absolute Gasteiger partial charge is 0.228 e. The lowest BCUT2D eigenvalue weighted by Gasteiger charge is -2.15. The molecule has 0 saturated carbocycles. The van der Waals surface area contributed by atoms with Crippen molar-refractivity contribution in [2.24, 2.45) is 0 Å². The van der Waals surface area contributed by atoms with E-state index in [4.69, 9.17) is 0 Å². The Kier molecular flexibility index (Phi) is 4.79. The van der Waals surface area contributed by atoms with Crippen molar-refractivity contribution in [2.75, 3.05) is 5.32 Å². The van der Waals surface area contributed by atoms with Crippen LogP contribution in [0.1, 0.15) is 36.1 Å². The van der Waals surface area contributed by atoms with E-state index in [0.717, 1.165) is 22.9 Å². The minimum Gasteiger partial charge on any atom is -0.350 e. The quantitative estimate of drug-likeness (QED) is 0.875. The zero-order valence-electron chi connectivity index (χ0n) is 13.7. The van der Waals surface area contributed by atoms with Gasteiger partial charge < -0.3 is 10.6 Å². The molecule has 0 radical (unpaired) electrons. The molecule has 2 amide bonds. The normalized spacial score (nSPS) is 14.0. The van der Waals surface area contributed by atoms with E-state index >= 15 is 0 Å². The Balaban J connectivity index is 1.57. The average Bonchev–Trinajstić information content (AvgIpc) is 2.93. The highest BCUT2D eigenvalue weighted by molar-refractivity contribution is 5.99. The van der Waals surface area contributed by atoms with Gasteiger partial charge >= 0.3 is 0 Å². The predicted molar refractivity (Wildman–Crippen MR) is 90.0 cm³/mol. The van der Waals surface area contributed by atoms with Crippen molar-refractivity contribution in [1.29, 1.82) is 0 Å². The fourth-order valence-electron chi connectivity index (χ4n) is 2.89.